The average molecular weight is 304 g/mol. The van der Waals surface area contributed by atoms with E-state index >= 15 is 0 Å². The van der Waals surface area contributed by atoms with Gasteiger partial charge in [-0.25, -0.2) is 8.42 Å². The maximum Gasteiger partial charge on any atom is 0.150 e. The lowest BCUT2D eigenvalue weighted by Crippen LogP contribution is -2.21. The van der Waals surface area contributed by atoms with Gasteiger partial charge in [-0.2, -0.15) is 0 Å². The molecule has 0 saturated carbocycles. The van der Waals surface area contributed by atoms with E-state index in [0.717, 1.165) is 12.1 Å². The standard InChI is InChI=1S/C14H22ClNO2S/c1-3-8-19(17,18)9-7-13(11-16-2)12-5-4-6-14(15)10-12/h4-6,10,13,16H,3,7-9,11H2,1-2H3. The maximum atomic E-state index is 11.8. The van der Waals surface area contributed by atoms with Crippen molar-refractivity contribution in [3.8, 4) is 0 Å². The fraction of sp³-hybridized carbons (Fsp3) is 0.571. The highest BCUT2D eigenvalue weighted by molar-refractivity contribution is 7.91. The van der Waals surface area contributed by atoms with Crippen LogP contribution in [0, 0.1) is 0 Å². The second kappa shape index (κ2) is 7.88. The second-order valence-corrected chi connectivity index (χ2v) is 7.49. The summed E-state index contributed by atoms with van der Waals surface area (Å²) in [5, 5.41) is 3.81. The zero-order valence-corrected chi connectivity index (χ0v) is 13.1. The smallest absolute Gasteiger partial charge is 0.150 e. The molecule has 0 aliphatic rings. The average Bonchev–Trinajstić information content (AvgIpc) is 2.34. The van der Waals surface area contributed by atoms with Crippen LogP contribution in [-0.4, -0.2) is 33.5 Å². The van der Waals surface area contributed by atoms with Crippen molar-refractivity contribution in [2.45, 2.75) is 25.7 Å². The van der Waals surface area contributed by atoms with E-state index < -0.39 is 9.84 Å². The Morgan fingerprint density at radius 2 is 2.05 bits per heavy atom. The van der Waals surface area contributed by atoms with Crippen LogP contribution in [0.5, 0.6) is 0 Å². The van der Waals surface area contributed by atoms with Crippen LogP contribution in [0.25, 0.3) is 0 Å². The highest BCUT2D eigenvalue weighted by atomic mass is 35.5. The van der Waals surface area contributed by atoms with Crippen molar-refractivity contribution in [2.24, 2.45) is 0 Å². The molecule has 0 amide bonds. The third kappa shape index (κ3) is 5.93. The van der Waals surface area contributed by atoms with Crippen molar-refractivity contribution < 1.29 is 8.42 Å². The second-order valence-electron chi connectivity index (χ2n) is 4.75. The quantitative estimate of drug-likeness (QED) is 0.803. The molecule has 0 saturated heterocycles. The van der Waals surface area contributed by atoms with Gasteiger partial charge in [0.05, 0.1) is 5.75 Å². The number of nitrogens with one attached hydrogen (secondary N) is 1. The fourth-order valence-corrected chi connectivity index (χ4v) is 3.80. The van der Waals surface area contributed by atoms with E-state index in [2.05, 4.69) is 5.32 Å². The molecule has 0 fully saturated rings. The van der Waals surface area contributed by atoms with Crippen molar-refractivity contribution in [3.05, 3.63) is 34.9 Å². The molecule has 1 aromatic carbocycles. The van der Waals surface area contributed by atoms with E-state index in [1.165, 1.54) is 0 Å². The Hall–Kier alpha value is -0.580. The number of benzene rings is 1. The molecular formula is C14H22ClNO2S. The first kappa shape index (κ1) is 16.5. The van der Waals surface area contributed by atoms with Crippen molar-refractivity contribution in [1.29, 1.82) is 0 Å². The molecule has 0 bridgehead atoms. The lowest BCUT2D eigenvalue weighted by molar-refractivity contribution is 0.573. The van der Waals surface area contributed by atoms with Crippen LogP contribution in [0.1, 0.15) is 31.2 Å². The van der Waals surface area contributed by atoms with E-state index in [9.17, 15) is 8.42 Å². The summed E-state index contributed by atoms with van der Waals surface area (Å²) >= 11 is 5.99. The Bertz CT molecular complexity index is 488. The van der Waals surface area contributed by atoms with Gasteiger partial charge in [0.15, 0.2) is 0 Å². The molecule has 0 aliphatic heterocycles. The SMILES string of the molecule is CCCS(=O)(=O)CCC(CNC)c1cccc(Cl)c1. The lowest BCUT2D eigenvalue weighted by atomic mass is 9.96. The van der Waals surface area contributed by atoms with Crippen LogP contribution in [0.2, 0.25) is 5.02 Å². The number of sulfone groups is 1. The monoisotopic (exact) mass is 303 g/mol. The molecule has 0 spiro atoms. The van der Waals surface area contributed by atoms with Crippen molar-refractivity contribution in [3.63, 3.8) is 0 Å². The number of hydrogen-bond acceptors (Lipinski definition) is 3. The Morgan fingerprint density at radius 1 is 1.32 bits per heavy atom. The Kier molecular flexibility index (Phi) is 6.83. The lowest BCUT2D eigenvalue weighted by Gasteiger charge is -2.17. The summed E-state index contributed by atoms with van der Waals surface area (Å²) in [6.45, 7) is 2.64. The molecule has 3 nitrogen and oxygen atoms in total. The van der Waals surface area contributed by atoms with Gasteiger partial charge in [-0.3, -0.25) is 0 Å². The van der Waals surface area contributed by atoms with Crippen LogP contribution < -0.4 is 5.32 Å². The zero-order chi connectivity index (χ0) is 14.3. The van der Waals surface area contributed by atoms with Crippen LogP contribution in [0.15, 0.2) is 24.3 Å². The topological polar surface area (TPSA) is 46.2 Å². The molecule has 0 aliphatic carbocycles. The molecule has 5 heteroatoms. The number of rotatable bonds is 8. The summed E-state index contributed by atoms with van der Waals surface area (Å²) in [4.78, 5) is 0. The molecule has 1 rings (SSSR count). The predicted molar refractivity (Wildman–Crippen MR) is 81.7 cm³/mol. The fourth-order valence-electron chi connectivity index (χ4n) is 2.13. The predicted octanol–water partition coefficient (Wildman–Crippen LogP) is 2.86. The van der Waals surface area contributed by atoms with Gasteiger partial charge in [-0.15, -0.1) is 0 Å². The molecule has 1 unspecified atom stereocenters. The van der Waals surface area contributed by atoms with E-state index in [1.807, 2.05) is 38.2 Å². The third-order valence-electron chi connectivity index (χ3n) is 3.06. The summed E-state index contributed by atoms with van der Waals surface area (Å²) in [6.07, 6.45) is 1.31. The molecular weight excluding hydrogens is 282 g/mol. The Labute approximate surface area is 121 Å². The minimum absolute atomic E-state index is 0.176. The van der Waals surface area contributed by atoms with E-state index in [0.29, 0.717) is 17.9 Å². The Balaban J connectivity index is 2.74. The molecule has 108 valence electrons. The highest BCUT2D eigenvalue weighted by Gasteiger charge is 2.16. The van der Waals surface area contributed by atoms with Gasteiger partial charge in [-0.05, 0) is 43.5 Å². The molecule has 1 atom stereocenters. The van der Waals surface area contributed by atoms with E-state index in [1.54, 1.807) is 0 Å². The van der Waals surface area contributed by atoms with Gasteiger partial charge < -0.3 is 5.32 Å². The maximum absolute atomic E-state index is 11.8. The van der Waals surface area contributed by atoms with Gasteiger partial charge in [0.25, 0.3) is 0 Å². The van der Waals surface area contributed by atoms with Crippen LogP contribution in [0.4, 0.5) is 0 Å². The van der Waals surface area contributed by atoms with E-state index in [4.69, 9.17) is 11.6 Å². The summed E-state index contributed by atoms with van der Waals surface area (Å²) in [5.41, 5.74) is 1.09. The van der Waals surface area contributed by atoms with Crippen molar-refractivity contribution in [2.75, 3.05) is 25.1 Å². The van der Waals surface area contributed by atoms with Crippen molar-refractivity contribution in [1.82, 2.24) is 5.32 Å². The number of likely N-dealkylation sites (N-methyl/N-ethyl adjacent to an activating group) is 1. The van der Waals surface area contributed by atoms with Crippen LogP contribution >= 0.6 is 11.6 Å². The molecule has 19 heavy (non-hydrogen) atoms. The number of halogens is 1. The summed E-state index contributed by atoms with van der Waals surface area (Å²) in [5.74, 6) is 0.685. The Morgan fingerprint density at radius 3 is 2.63 bits per heavy atom. The van der Waals surface area contributed by atoms with Crippen LogP contribution in [-0.2, 0) is 9.84 Å². The van der Waals surface area contributed by atoms with Gasteiger partial charge >= 0.3 is 0 Å². The highest BCUT2D eigenvalue weighted by Crippen LogP contribution is 2.23. The van der Waals surface area contributed by atoms with Gasteiger partial charge in [0.2, 0.25) is 0 Å². The first-order chi connectivity index (χ1) is 8.98. The largest absolute Gasteiger partial charge is 0.319 e. The van der Waals surface area contributed by atoms with Gasteiger partial charge in [0, 0.05) is 17.3 Å². The molecule has 1 aromatic rings. The minimum atomic E-state index is -2.92. The van der Waals surface area contributed by atoms with Crippen molar-refractivity contribution >= 4 is 21.4 Å². The number of hydrogen-bond donors (Lipinski definition) is 1. The first-order valence-electron chi connectivity index (χ1n) is 6.59. The first-order valence-corrected chi connectivity index (χ1v) is 8.79. The summed E-state index contributed by atoms with van der Waals surface area (Å²) in [6, 6.07) is 7.65. The normalized spacial score (nSPS) is 13.4. The molecule has 0 aromatic heterocycles. The summed E-state index contributed by atoms with van der Waals surface area (Å²) < 4.78 is 23.6. The van der Waals surface area contributed by atoms with E-state index in [-0.39, 0.29) is 17.4 Å². The summed E-state index contributed by atoms with van der Waals surface area (Å²) in [7, 11) is -1.05. The minimum Gasteiger partial charge on any atom is -0.319 e. The van der Waals surface area contributed by atoms with Gasteiger partial charge in [0.1, 0.15) is 9.84 Å². The molecule has 1 N–H and O–H groups in total. The van der Waals surface area contributed by atoms with Crippen LogP contribution in [0.3, 0.4) is 0 Å². The van der Waals surface area contributed by atoms with Gasteiger partial charge in [-0.1, -0.05) is 30.7 Å². The third-order valence-corrected chi connectivity index (χ3v) is 5.19. The molecule has 0 heterocycles. The molecule has 0 radical (unpaired) electrons. The zero-order valence-electron chi connectivity index (χ0n) is 11.5.